The maximum Gasteiger partial charge on any atom is 0.231 e. The predicted molar refractivity (Wildman–Crippen MR) is 113 cm³/mol. The molecular weight excluding hydrogens is 386 g/mol. The van der Waals surface area contributed by atoms with E-state index in [1.807, 2.05) is 59.5 Å². The van der Waals surface area contributed by atoms with E-state index in [1.165, 1.54) is 0 Å². The molecule has 2 heterocycles. The summed E-state index contributed by atoms with van der Waals surface area (Å²) in [7, 11) is 0. The van der Waals surface area contributed by atoms with Crippen molar-refractivity contribution in [3.05, 3.63) is 71.1 Å². The number of rotatable bonds is 5. The molecule has 4 rings (SSSR count). The molecule has 0 spiro atoms. The summed E-state index contributed by atoms with van der Waals surface area (Å²) in [4.78, 5) is 19.8. The van der Waals surface area contributed by atoms with Crippen molar-refractivity contribution in [2.75, 3.05) is 13.1 Å². The molecule has 3 aromatic rings. The smallest absolute Gasteiger partial charge is 0.231 e. The number of piperidine rings is 1. The van der Waals surface area contributed by atoms with Gasteiger partial charge in [-0.1, -0.05) is 54.0 Å². The second-order valence-corrected chi connectivity index (χ2v) is 7.89. The largest absolute Gasteiger partial charge is 0.341 e. The summed E-state index contributed by atoms with van der Waals surface area (Å²) in [6.07, 6.45) is 2.65. The molecule has 0 bridgehead atoms. The molecule has 0 radical (unpaired) electrons. The van der Waals surface area contributed by atoms with Gasteiger partial charge in [0.05, 0.1) is 11.8 Å². The van der Waals surface area contributed by atoms with Crippen LogP contribution in [0.2, 0.25) is 5.02 Å². The predicted octanol–water partition coefficient (Wildman–Crippen LogP) is 5.29. The molecule has 1 fully saturated rings. The van der Waals surface area contributed by atoms with Gasteiger partial charge in [-0.3, -0.25) is 4.79 Å². The number of hydrogen-bond donors (Lipinski definition) is 0. The van der Waals surface area contributed by atoms with E-state index >= 15 is 0 Å². The molecule has 6 heteroatoms. The number of amides is 1. The molecule has 0 unspecified atom stereocenters. The summed E-state index contributed by atoms with van der Waals surface area (Å²) in [6, 6.07) is 17.4. The molecule has 0 saturated carbocycles. The Labute approximate surface area is 175 Å². The third-order valence-electron chi connectivity index (χ3n) is 5.53. The standard InChI is InChI=1S/C23H24ClN3O2/c1-2-20(16-7-4-3-5-8-16)23(28)27-14-6-9-18(15-27)22-25-21(26-29-22)17-10-12-19(24)13-11-17/h3-5,7-8,10-13,18,20H,2,6,9,14-15H2,1H3/t18-,20+/m1/s1. The molecule has 1 aliphatic heterocycles. The summed E-state index contributed by atoms with van der Waals surface area (Å²) in [5.74, 6) is 1.29. The molecule has 1 saturated heterocycles. The van der Waals surface area contributed by atoms with Crippen LogP contribution in [0.1, 0.15) is 49.5 Å². The van der Waals surface area contributed by atoms with Crippen LogP contribution in [0.5, 0.6) is 0 Å². The number of carbonyl (C=O) groups excluding carboxylic acids is 1. The van der Waals surface area contributed by atoms with Crippen LogP contribution in [0.4, 0.5) is 0 Å². The molecule has 2 aromatic carbocycles. The number of aromatic nitrogens is 2. The van der Waals surface area contributed by atoms with Crippen molar-refractivity contribution in [3.63, 3.8) is 0 Å². The van der Waals surface area contributed by atoms with Crippen molar-refractivity contribution in [1.82, 2.24) is 15.0 Å². The van der Waals surface area contributed by atoms with Crippen molar-refractivity contribution in [2.45, 2.75) is 38.0 Å². The van der Waals surface area contributed by atoms with Gasteiger partial charge >= 0.3 is 0 Å². The summed E-state index contributed by atoms with van der Waals surface area (Å²) >= 11 is 5.95. The van der Waals surface area contributed by atoms with Crippen molar-refractivity contribution in [3.8, 4) is 11.4 Å². The Hall–Kier alpha value is -2.66. The minimum Gasteiger partial charge on any atom is -0.341 e. The van der Waals surface area contributed by atoms with Crippen molar-refractivity contribution in [1.29, 1.82) is 0 Å². The molecule has 2 atom stereocenters. The van der Waals surface area contributed by atoms with E-state index in [0.717, 1.165) is 36.9 Å². The van der Waals surface area contributed by atoms with Gasteiger partial charge in [-0.25, -0.2) is 0 Å². The second kappa shape index (κ2) is 8.78. The molecule has 1 amide bonds. The van der Waals surface area contributed by atoms with E-state index in [4.69, 9.17) is 16.1 Å². The second-order valence-electron chi connectivity index (χ2n) is 7.46. The number of halogens is 1. The SMILES string of the molecule is CC[C@H](C(=O)N1CCC[C@@H](c2nc(-c3ccc(Cl)cc3)no2)C1)c1ccccc1. The van der Waals surface area contributed by atoms with E-state index in [0.29, 0.717) is 23.3 Å². The summed E-state index contributed by atoms with van der Waals surface area (Å²) in [5.41, 5.74) is 1.94. The Morgan fingerprint density at radius 2 is 1.97 bits per heavy atom. The van der Waals surface area contributed by atoms with Crippen molar-refractivity contribution in [2.24, 2.45) is 0 Å². The third kappa shape index (κ3) is 4.35. The lowest BCUT2D eigenvalue weighted by Gasteiger charge is -2.33. The summed E-state index contributed by atoms with van der Waals surface area (Å²) < 4.78 is 5.56. The third-order valence-corrected chi connectivity index (χ3v) is 5.79. The first-order valence-corrected chi connectivity index (χ1v) is 10.5. The van der Waals surface area contributed by atoms with Gasteiger partial charge in [-0.15, -0.1) is 0 Å². The molecule has 150 valence electrons. The van der Waals surface area contributed by atoms with Gasteiger partial charge in [0.1, 0.15) is 0 Å². The quantitative estimate of drug-likeness (QED) is 0.574. The average molecular weight is 410 g/mol. The van der Waals surface area contributed by atoms with E-state index < -0.39 is 0 Å². The van der Waals surface area contributed by atoms with Gasteiger partial charge in [0.25, 0.3) is 0 Å². The van der Waals surface area contributed by atoms with Crippen LogP contribution in [0.25, 0.3) is 11.4 Å². The fourth-order valence-electron chi connectivity index (χ4n) is 3.95. The summed E-state index contributed by atoms with van der Waals surface area (Å²) in [5, 5.41) is 4.80. The molecule has 1 aromatic heterocycles. The molecule has 0 aliphatic carbocycles. The van der Waals surface area contributed by atoms with Crippen LogP contribution < -0.4 is 0 Å². The normalized spacial score (nSPS) is 17.9. The number of likely N-dealkylation sites (tertiary alicyclic amines) is 1. The van der Waals surface area contributed by atoms with Crippen LogP contribution in [0.15, 0.2) is 59.1 Å². The minimum absolute atomic E-state index is 0.0644. The Kier molecular flexibility index (Phi) is 5.95. The van der Waals surface area contributed by atoms with Crippen LogP contribution >= 0.6 is 11.6 Å². The Morgan fingerprint density at radius 1 is 1.21 bits per heavy atom. The number of nitrogens with zero attached hydrogens (tertiary/aromatic N) is 3. The first-order chi connectivity index (χ1) is 14.2. The average Bonchev–Trinajstić information content (AvgIpc) is 3.26. The molecule has 0 N–H and O–H groups in total. The first-order valence-electron chi connectivity index (χ1n) is 10.1. The molecular formula is C23H24ClN3O2. The molecule has 1 aliphatic rings. The van der Waals surface area contributed by atoms with E-state index in [1.54, 1.807) is 0 Å². The van der Waals surface area contributed by atoms with E-state index in [2.05, 4.69) is 17.1 Å². The lowest BCUT2D eigenvalue weighted by molar-refractivity contribution is -0.134. The van der Waals surface area contributed by atoms with Crippen LogP contribution in [-0.4, -0.2) is 34.0 Å². The van der Waals surface area contributed by atoms with Crippen LogP contribution in [0, 0.1) is 0 Å². The highest BCUT2D eigenvalue weighted by molar-refractivity contribution is 6.30. The topological polar surface area (TPSA) is 59.2 Å². The Bertz CT molecular complexity index is 956. The van der Waals surface area contributed by atoms with Crippen LogP contribution in [-0.2, 0) is 4.79 Å². The minimum atomic E-state index is -0.109. The van der Waals surface area contributed by atoms with Crippen LogP contribution in [0.3, 0.4) is 0 Å². The fourth-order valence-corrected chi connectivity index (χ4v) is 4.08. The number of carbonyl (C=O) groups is 1. The monoisotopic (exact) mass is 409 g/mol. The molecule has 5 nitrogen and oxygen atoms in total. The van der Waals surface area contributed by atoms with E-state index in [9.17, 15) is 4.79 Å². The van der Waals surface area contributed by atoms with Gasteiger partial charge in [0, 0.05) is 23.7 Å². The number of hydrogen-bond acceptors (Lipinski definition) is 4. The highest BCUT2D eigenvalue weighted by atomic mass is 35.5. The Morgan fingerprint density at radius 3 is 2.69 bits per heavy atom. The zero-order valence-electron chi connectivity index (χ0n) is 16.4. The highest BCUT2D eigenvalue weighted by Crippen LogP contribution is 2.30. The Balaban J connectivity index is 1.48. The van der Waals surface area contributed by atoms with Gasteiger partial charge < -0.3 is 9.42 Å². The van der Waals surface area contributed by atoms with E-state index in [-0.39, 0.29) is 17.7 Å². The zero-order chi connectivity index (χ0) is 20.2. The number of benzene rings is 2. The summed E-state index contributed by atoms with van der Waals surface area (Å²) in [6.45, 7) is 3.45. The lowest BCUT2D eigenvalue weighted by Crippen LogP contribution is -2.41. The van der Waals surface area contributed by atoms with Crippen molar-refractivity contribution >= 4 is 17.5 Å². The fraction of sp³-hybridized carbons (Fsp3) is 0.348. The maximum absolute atomic E-state index is 13.2. The zero-order valence-corrected chi connectivity index (χ0v) is 17.2. The molecule has 29 heavy (non-hydrogen) atoms. The first kappa shape index (κ1) is 19.6. The van der Waals surface area contributed by atoms with Gasteiger partial charge in [0.15, 0.2) is 0 Å². The maximum atomic E-state index is 13.2. The highest BCUT2D eigenvalue weighted by Gasteiger charge is 2.32. The lowest BCUT2D eigenvalue weighted by atomic mass is 9.92. The van der Waals surface area contributed by atoms with Gasteiger partial charge in [-0.05, 0) is 49.1 Å². The van der Waals surface area contributed by atoms with Gasteiger partial charge in [-0.2, -0.15) is 4.98 Å². The van der Waals surface area contributed by atoms with Gasteiger partial charge in [0.2, 0.25) is 17.6 Å². The van der Waals surface area contributed by atoms with Crippen molar-refractivity contribution < 1.29 is 9.32 Å².